The molecule has 8 heteroatoms. The molecule has 1 aromatic heterocycles. The van der Waals surface area contributed by atoms with Gasteiger partial charge in [0.05, 0.1) is 6.61 Å². The van der Waals surface area contributed by atoms with Crippen LogP contribution in [0.4, 0.5) is 5.95 Å². The summed E-state index contributed by atoms with van der Waals surface area (Å²) in [7, 11) is 0. The summed E-state index contributed by atoms with van der Waals surface area (Å²) < 4.78 is 6.68. The monoisotopic (exact) mass is 335 g/mol. The van der Waals surface area contributed by atoms with Gasteiger partial charge in [0.15, 0.2) is 0 Å². The molecule has 0 saturated carbocycles. The average Bonchev–Trinajstić information content (AvgIpc) is 2.84. The minimum absolute atomic E-state index is 0.0300. The van der Waals surface area contributed by atoms with Gasteiger partial charge in [-0.15, -0.1) is 11.7 Å². The molecule has 1 fully saturated rings. The smallest absolute Gasteiger partial charge is 0.255 e. The van der Waals surface area contributed by atoms with Gasteiger partial charge in [-0.2, -0.15) is 0 Å². The highest BCUT2D eigenvalue weighted by Gasteiger charge is 2.18. The van der Waals surface area contributed by atoms with Crippen molar-refractivity contribution in [2.45, 2.75) is 45.3 Å². The Morgan fingerprint density at radius 1 is 1.38 bits per heavy atom. The second kappa shape index (κ2) is 9.17. The van der Waals surface area contributed by atoms with Crippen molar-refractivity contribution in [3.05, 3.63) is 19.0 Å². The maximum Gasteiger partial charge on any atom is 0.255 e. The van der Waals surface area contributed by atoms with Gasteiger partial charge in [-0.05, 0) is 19.8 Å². The molecular weight excluding hydrogens is 310 g/mol. The van der Waals surface area contributed by atoms with Crippen molar-refractivity contribution in [2.75, 3.05) is 25.0 Å². The minimum atomic E-state index is -0.631. The highest BCUT2D eigenvalue weighted by Crippen LogP contribution is 2.10. The van der Waals surface area contributed by atoms with Crippen LogP contribution >= 0.6 is 0 Å². The van der Waals surface area contributed by atoms with Gasteiger partial charge in [0.1, 0.15) is 19.0 Å². The van der Waals surface area contributed by atoms with Crippen molar-refractivity contribution in [3.63, 3.8) is 0 Å². The fourth-order valence-corrected chi connectivity index (χ4v) is 2.49. The standard InChI is InChI=1S/C16H25N5O3/c1-3-10-24-13(2)15(23)18-16-17-12-21(19-16)11-14(22)20-8-6-4-5-7-9-20/h3,12-13H,1,4-11H2,2H3,(H,18,19,23). The molecule has 2 heterocycles. The number of carbonyl (C=O) groups is 2. The van der Waals surface area contributed by atoms with E-state index in [9.17, 15) is 9.59 Å². The summed E-state index contributed by atoms with van der Waals surface area (Å²) in [5.74, 6) is -0.145. The molecule has 1 unspecified atom stereocenters. The zero-order valence-corrected chi connectivity index (χ0v) is 14.1. The SMILES string of the molecule is C=CCOC(C)C(=O)Nc1ncn(CC(=O)N2CCCCCC2)n1. The first kappa shape index (κ1) is 18.1. The summed E-state index contributed by atoms with van der Waals surface area (Å²) in [5.41, 5.74) is 0. The largest absolute Gasteiger partial charge is 0.365 e. The van der Waals surface area contributed by atoms with E-state index in [2.05, 4.69) is 22.0 Å². The molecule has 0 aromatic carbocycles. The molecule has 0 spiro atoms. The second-order valence-corrected chi connectivity index (χ2v) is 5.81. The van der Waals surface area contributed by atoms with Gasteiger partial charge in [-0.3, -0.25) is 14.9 Å². The number of carbonyl (C=O) groups excluding carboxylic acids is 2. The van der Waals surface area contributed by atoms with Gasteiger partial charge in [-0.25, -0.2) is 9.67 Å². The van der Waals surface area contributed by atoms with Crippen molar-refractivity contribution < 1.29 is 14.3 Å². The number of anilines is 1. The number of likely N-dealkylation sites (tertiary alicyclic amines) is 1. The molecule has 1 atom stereocenters. The molecule has 0 aliphatic carbocycles. The number of nitrogens with one attached hydrogen (secondary N) is 1. The molecule has 2 amide bonds. The predicted molar refractivity (Wildman–Crippen MR) is 89.3 cm³/mol. The van der Waals surface area contributed by atoms with Gasteiger partial charge in [0, 0.05) is 13.1 Å². The third kappa shape index (κ3) is 5.45. The van der Waals surface area contributed by atoms with E-state index in [-0.39, 0.29) is 24.3 Å². The van der Waals surface area contributed by atoms with Crippen LogP contribution in [0, 0.1) is 0 Å². The molecule has 1 aliphatic heterocycles. The molecule has 1 N–H and O–H groups in total. The van der Waals surface area contributed by atoms with Crippen LogP contribution in [0.15, 0.2) is 19.0 Å². The van der Waals surface area contributed by atoms with Crippen LogP contribution in [0.1, 0.15) is 32.6 Å². The molecule has 132 valence electrons. The number of amides is 2. The molecular formula is C16H25N5O3. The predicted octanol–water partition coefficient (Wildman–Crippen LogP) is 1.21. The highest BCUT2D eigenvalue weighted by molar-refractivity contribution is 5.92. The summed E-state index contributed by atoms with van der Waals surface area (Å²) in [6.45, 7) is 7.19. The number of nitrogens with zero attached hydrogens (tertiary/aromatic N) is 4. The van der Waals surface area contributed by atoms with E-state index in [0.717, 1.165) is 25.9 Å². The van der Waals surface area contributed by atoms with Crippen LogP contribution in [0.25, 0.3) is 0 Å². The fourth-order valence-electron chi connectivity index (χ4n) is 2.49. The van der Waals surface area contributed by atoms with E-state index in [1.54, 1.807) is 13.0 Å². The lowest BCUT2D eigenvalue weighted by molar-refractivity contribution is -0.132. The maximum absolute atomic E-state index is 12.3. The Morgan fingerprint density at radius 2 is 2.08 bits per heavy atom. The summed E-state index contributed by atoms with van der Waals surface area (Å²) in [4.78, 5) is 30.1. The van der Waals surface area contributed by atoms with E-state index in [0.29, 0.717) is 6.61 Å². The van der Waals surface area contributed by atoms with Crippen molar-refractivity contribution in [2.24, 2.45) is 0 Å². The van der Waals surface area contributed by atoms with Crippen molar-refractivity contribution >= 4 is 17.8 Å². The molecule has 0 bridgehead atoms. The Hall–Kier alpha value is -2.22. The Morgan fingerprint density at radius 3 is 2.75 bits per heavy atom. The fraction of sp³-hybridized carbons (Fsp3) is 0.625. The van der Waals surface area contributed by atoms with E-state index < -0.39 is 6.10 Å². The molecule has 24 heavy (non-hydrogen) atoms. The number of hydrogen-bond acceptors (Lipinski definition) is 5. The zero-order chi connectivity index (χ0) is 17.4. The number of aromatic nitrogens is 3. The third-order valence-corrected chi connectivity index (χ3v) is 3.86. The van der Waals surface area contributed by atoms with Crippen LogP contribution in [0.5, 0.6) is 0 Å². The maximum atomic E-state index is 12.3. The van der Waals surface area contributed by atoms with E-state index in [4.69, 9.17) is 4.74 Å². The average molecular weight is 335 g/mol. The van der Waals surface area contributed by atoms with Gasteiger partial charge < -0.3 is 9.64 Å². The number of rotatable bonds is 7. The summed E-state index contributed by atoms with van der Waals surface area (Å²) in [6.07, 6.45) is 6.84. The van der Waals surface area contributed by atoms with Crippen molar-refractivity contribution in [3.8, 4) is 0 Å². The Labute approximate surface area is 141 Å². The van der Waals surface area contributed by atoms with Crippen molar-refractivity contribution in [1.82, 2.24) is 19.7 Å². The summed E-state index contributed by atoms with van der Waals surface area (Å²) in [5, 5.41) is 6.69. The quantitative estimate of drug-likeness (QED) is 0.757. The van der Waals surface area contributed by atoms with Crippen LogP contribution in [0.2, 0.25) is 0 Å². The summed E-state index contributed by atoms with van der Waals surface area (Å²) in [6, 6.07) is 0. The molecule has 0 radical (unpaired) electrons. The lowest BCUT2D eigenvalue weighted by Crippen LogP contribution is -2.34. The second-order valence-electron chi connectivity index (χ2n) is 5.81. The molecule has 1 saturated heterocycles. The lowest BCUT2D eigenvalue weighted by atomic mass is 10.2. The first-order chi connectivity index (χ1) is 11.6. The van der Waals surface area contributed by atoms with E-state index in [1.807, 2.05) is 4.90 Å². The summed E-state index contributed by atoms with van der Waals surface area (Å²) >= 11 is 0. The zero-order valence-electron chi connectivity index (χ0n) is 14.1. The lowest BCUT2D eigenvalue weighted by Gasteiger charge is -2.19. The van der Waals surface area contributed by atoms with Crippen molar-refractivity contribution in [1.29, 1.82) is 0 Å². The van der Waals surface area contributed by atoms with E-state index in [1.165, 1.54) is 23.9 Å². The van der Waals surface area contributed by atoms with Gasteiger partial charge >= 0.3 is 0 Å². The molecule has 1 aromatic rings. The number of ether oxygens (including phenoxy) is 1. The molecule has 1 aliphatic rings. The Kier molecular flexibility index (Phi) is 6.92. The molecule has 8 nitrogen and oxygen atoms in total. The third-order valence-electron chi connectivity index (χ3n) is 3.86. The number of hydrogen-bond donors (Lipinski definition) is 1. The highest BCUT2D eigenvalue weighted by atomic mass is 16.5. The normalized spacial score (nSPS) is 16.3. The first-order valence-corrected chi connectivity index (χ1v) is 8.30. The minimum Gasteiger partial charge on any atom is -0.365 e. The van der Waals surface area contributed by atoms with Crippen LogP contribution < -0.4 is 5.32 Å². The van der Waals surface area contributed by atoms with Gasteiger partial charge in [0.25, 0.3) is 5.91 Å². The Bertz CT molecular complexity index is 564. The first-order valence-electron chi connectivity index (χ1n) is 8.30. The van der Waals surface area contributed by atoms with Crippen LogP contribution in [-0.4, -0.2) is 57.3 Å². The van der Waals surface area contributed by atoms with Gasteiger partial charge in [0.2, 0.25) is 11.9 Å². The van der Waals surface area contributed by atoms with Crippen LogP contribution in [0.3, 0.4) is 0 Å². The topological polar surface area (TPSA) is 89.3 Å². The van der Waals surface area contributed by atoms with Crippen LogP contribution in [-0.2, 0) is 20.9 Å². The van der Waals surface area contributed by atoms with E-state index >= 15 is 0 Å². The van der Waals surface area contributed by atoms with Gasteiger partial charge in [-0.1, -0.05) is 18.9 Å². The molecule has 2 rings (SSSR count). The Balaban J connectivity index is 1.84.